The molecule has 1 heterocycles. The van der Waals surface area contributed by atoms with Crippen molar-refractivity contribution in [3.63, 3.8) is 0 Å². The third-order valence-electron chi connectivity index (χ3n) is 0.911. The molecule has 1 aliphatic rings. The molecule has 0 aromatic heterocycles. The van der Waals surface area contributed by atoms with Crippen molar-refractivity contribution in [1.29, 1.82) is 0 Å². The van der Waals surface area contributed by atoms with Gasteiger partial charge < -0.3 is 4.74 Å². The number of carbonyl (C=O) groups is 2. The average Bonchev–Trinajstić information content (AvgIpc) is 2.34. The molecule has 0 unspecified atom stereocenters. The minimum atomic E-state index is -0.644. The molecule has 10 heavy (non-hydrogen) atoms. The van der Waals surface area contributed by atoms with Crippen LogP contribution < -0.4 is 0 Å². The first kappa shape index (κ1) is 6.60. The lowest BCUT2D eigenvalue weighted by Gasteiger charge is -1.90. The van der Waals surface area contributed by atoms with Gasteiger partial charge in [-0.05, 0) is 0 Å². The largest absolute Gasteiger partial charge is 0.464 e. The maximum absolute atomic E-state index is 10.6. The summed E-state index contributed by atoms with van der Waals surface area (Å²) in [5, 5.41) is 6.33. The topological polar surface area (TPSA) is 68.1 Å². The number of nitrogens with zero attached hydrogens (tertiary/aromatic N) is 2. The monoisotopic (exact) mass is 140 g/mol. The first-order valence-electron chi connectivity index (χ1n) is 2.50. The van der Waals surface area contributed by atoms with E-state index in [0.717, 1.165) is 6.08 Å². The van der Waals surface area contributed by atoms with Gasteiger partial charge in [0, 0.05) is 6.08 Å². The minimum Gasteiger partial charge on any atom is -0.464 e. The second-order valence-corrected chi connectivity index (χ2v) is 1.56. The molecule has 1 amide bonds. The van der Waals surface area contributed by atoms with E-state index in [1.165, 1.54) is 7.11 Å². The molecule has 1 aliphatic heterocycles. The van der Waals surface area contributed by atoms with Gasteiger partial charge in [-0.3, -0.25) is 4.79 Å². The van der Waals surface area contributed by atoms with E-state index < -0.39 is 11.9 Å². The fraction of sp³-hybridized carbons (Fsp3) is 0.200. The van der Waals surface area contributed by atoms with Crippen molar-refractivity contribution >= 4 is 11.9 Å². The van der Waals surface area contributed by atoms with Crippen LogP contribution in [0.1, 0.15) is 0 Å². The molecule has 5 heteroatoms. The summed E-state index contributed by atoms with van der Waals surface area (Å²) in [5.74, 6) is -1.17. The Balaban J connectivity index is 2.77. The Morgan fingerprint density at radius 1 is 1.60 bits per heavy atom. The molecule has 0 N–H and O–H groups in total. The molecule has 0 radical (unpaired) electrons. The minimum absolute atomic E-state index is 0.0486. The zero-order valence-corrected chi connectivity index (χ0v) is 5.20. The summed E-state index contributed by atoms with van der Waals surface area (Å²) in [5.41, 5.74) is -0.0486. The van der Waals surface area contributed by atoms with Gasteiger partial charge in [-0.2, -0.15) is 0 Å². The second-order valence-electron chi connectivity index (χ2n) is 1.56. The summed E-state index contributed by atoms with van der Waals surface area (Å²) in [4.78, 5) is 20.9. The van der Waals surface area contributed by atoms with E-state index in [1.807, 2.05) is 0 Å². The van der Waals surface area contributed by atoms with Crippen LogP contribution >= 0.6 is 0 Å². The Labute approximate surface area is 56.4 Å². The number of azo groups is 1. The maximum Gasteiger partial charge on any atom is 0.358 e. The van der Waals surface area contributed by atoms with Gasteiger partial charge in [-0.15, -0.1) is 10.2 Å². The van der Waals surface area contributed by atoms with E-state index in [2.05, 4.69) is 15.0 Å². The van der Waals surface area contributed by atoms with Crippen molar-refractivity contribution in [2.45, 2.75) is 0 Å². The zero-order chi connectivity index (χ0) is 7.56. The predicted octanol–water partition coefficient (Wildman–Crippen LogP) is 0.0357. The summed E-state index contributed by atoms with van der Waals surface area (Å²) >= 11 is 0. The van der Waals surface area contributed by atoms with Gasteiger partial charge >= 0.3 is 5.97 Å². The normalized spacial score (nSPS) is 15.3. The van der Waals surface area contributed by atoms with E-state index in [1.54, 1.807) is 0 Å². The lowest BCUT2D eigenvalue weighted by molar-refractivity contribution is -0.136. The van der Waals surface area contributed by atoms with Crippen molar-refractivity contribution in [3.05, 3.63) is 11.8 Å². The number of ether oxygens (including phenoxy) is 1. The van der Waals surface area contributed by atoms with Crippen molar-refractivity contribution in [2.75, 3.05) is 7.11 Å². The molecule has 0 bridgehead atoms. The fourth-order valence-corrected chi connectivity index (χ4v) is 0.482. The zero-order valence-electron chi connectivity index (χ0n) is 5.20. The van der Waals surface area contributed by atoms with Crippen LogP contribution in [0, 0.1) is 0 Å². The number of hydrogen-bond donors (Lipinski definition) is 0. The maximum atomic E-state index is 10.6. The van der Waals surface area contributed by atoms with Gasteiger partial charge in [0.1, 0.15) is 0 Å². The Kier molecular flexibility index (Phi) is 1.57. The van der Waals surface area contributed by atoms with E-state index in [4.69, 9.17) is 0 Å². The standard InChI is InChI=1S/C5H4N2O3/c1-10-5(9)3-2-4(8)7-6-3/h2H,1H3. The molecule has 0 aromatic carbocycles. The third kappa shape index (κ3) is 1.07. The highest BCUT2D eigenvalue weighted by atomic mass is 16.5. The van der Waals surface area contributed by atoms with E-state index in [0.29, 0.717) is 0 Å². The van der Waals surface area contributed by atoms with Gasteiger partial charge in [-0.1, -0.05) is 0 Å². The Morgan fingerprint density at radius 2 is 2.30 bits per heavy atom. The van der Waals surface area contributed by atoms with Crippen LogP contribution in [0.15, 0.2) is 22.0 Å². The van der Waals surface area contributed by atoms with Crippen LogP contribution in [0.5, 0.6) is 0 Å². The van der Waals surface area contributed by atoms with Gasteiger partial charge in [0.05, 0.1) is 7.11 Å². The molecule has 5 nitrogen and oxygen atoms in total. The highest BCUT2D eigenvalue weighted by Crippen LogP contribution is 2.07. The highest BCUT2D eigenvalue weighted by molar-refractivity contribution is 6.00. The van der Waals surface area contributed by atoms with Crippen molar-refractivity contribution in [2.24, 2.45) is 10.2 Å². The smallest absolute Gasteiger partial charge is 0.358 e. The molecule has 0 saturated heterocycles. The summed E-state index contributed by atoms with van der Waals surface area (Å²) in [6.07, 6.45) is 1.02. The molecule has 52 valence electrons. The van der Waals surface area contributed by atoms with Crippen LogP contribution in [-0.4, -0.2) is 19.0 Å². The Hall–Kier alpha value is -1.52. The van der Waals surface area contributed by atoms with Gasteiger partial charge in [-0.25, -0.2) is 4.79 Å². The number of rotatable bonds is 1. The molecule has 0 aliphatic carbocycles. The van der Waals surface area contributed by atoms with Crippen LogP contribution in [0.25, 0.3) is 0 Å². The van der Waals surface area contributed by atoms with E-state index in [9.17, 15) is 9.59 Å². The molecule has 0 spiro atoms. The number of carbonyl (C=O) groups excluding carboxylic acids is 2. The lowest BCUT2D eigenvalue weighted by Crippen LogP contribution is -2.00. The van der Waals surface area contributed by atoms with Crippen molar-refractivity contribution < 1.29 is 14.3 Å². The summed E-state index contributed by atoms with van der Waals surface area (Å²) in [6.45, 7) is 0. The first-order chi connectivity index (χ1) is 4.74. The molecular weight excluding hydrogens is 136 g/mol. The quantitative estimate of drug-likeness (QED) is 0.482. The molecule has 0 fully saturated rings. The molecule has 1 rings (SSSR count). The molecule has 0 atom stereocenters. The lowest BCUT2D eigenvalue weighted by atomic mass is 10.4. The highest BCUT2D eigenvalue weighted by Gasteiger charge is 2.15. The van der Waals surface area contributed by atoms with Gasteiger partial charge in [0.2, 0.25) is 0 Å². The van der Waals surface area contributed by atoms with Gasteiger partial charge in [0.25, 0.3) is 5.91 Å². The Bertz CT molecular complexity index is 241. The number of amides is 1. The molecular formula is C5H4N2O3. The molecule has 0 aromatic rings. The van der Waals surface area contributed by atoms with Crippen molar-refractivity contribution in [1.82, 2.24) is 0 Å². The number of methoxy groups -OCH3 is 1. The fourth-order valence-electron chi connectivity index (χ4n) is 0.482. The summed E-state index contributed by atoms with van der Waals surface area (Å²) < 4.78 is 4.27. The average molecular weight is 140 g/mol. The summed E-state index contributed by atoms with van der Waals surface area (Å²) in [6, 6.07) is 0. The third-order valence-corrected chi connectivity index (χ3v) is 0.911. The van der Waals surface area contributed by atoms with Crippen LogP contribution in [0.3, 0.4) is 0 Å². The second kappa shape index (κ2) is 2.38. The van der Waals surface area contributed by atoms with Crippen LogP contribution in [-0.2, 0) is 14.3 Å². The summed E-state index contributed by atoms with van der Waals surface area (Å²) in [7, 11) is 1.21. The molecule has 0 saturated carbocycles. The number of hydrogen-bond acceptors (Lipinski definition) is 4. The van der Waals surface area contributed by atoms with Gasteiger partial charge in [0.15, 0.2) is 5.70 Å². The first-order valence-corrected chi connectivity index (χ1v) is 2.50. The van der Waals surface area contributed by atoms with Crippen LogP contribution in [0.2, 0.25) is 0 Å². The van der Waals surface area contributed by atoms with Crippen LogP contribution in [0.4, 0.5) is 0 Å². The van der Waals surface area contributed by atoms with E-state index in [-0.39, 0.29) is 5.70 Å². The van der Waals surface area contributed by atoms with Crippen molar-refractivity contribution in [3.8, 4) is 0 Å². The number of esters is 1. The predicted molar refractivity (Wildman–Crippen MR) is 30.0 cm³/mol. The van der Waals surface area contributed by atoms with E-state index >= 15 is 0 Å². The SMILES string of the molecule is COC(=O)C1=CC(=O)N=N1. The Morgan fingerprint density at radius 3 is 2.70 bits per heavy atom.